The Morgan fingerprint density at radius 1 is 1.47 bits per heavy atom. The molecule has 0 aliphatic heterocycles. The van der Waals surface area contributed by atoms with Gasteiger partial charge in [-0.2, -0.15) is 0 Å². The van der Waals surface area contributed by atoms with Gasteiger partial charge in [0.05, 0.1) is 10.2 Å². The van der Waals surface area contributed by atoms with Crippen LogP contribution in [0.2, 0.25) is 0 Å². The number of aromatic nitrogens is 1. The first-order valence-electron chi connectivity index (χ1n) is 4.57. The topological polar surface area (TPSA) is 102 Å². The van der Waals surface area contributed by atoms with E-state index in [9.17, 15) is 13.2 Å². The van der Waals surface area contributed by atoms with E-state index in [1.807, 2.05) is 0 Å². The first-order chi connectivity index (χ1) is 7.86. The Morgan fingerprint density at radius 2 is 2.18 bits per heavy atom. The molecule has 8 heteroatoms. The van der Waals surface area contributed by atoms with Gasteiger partial charge in [-0.1, -0.05) is 0 Å². The number of nitrogens with two attached hydrogens (primary N) is 1. The number of nitrogens with zero attached hydrogens (tertiary/aromatic N) is 1. The molecule has 17 heavy (non-hydrogen) atoms. The van der Waals surface area contributed by atoms with Crippen LogP contribution in [0.5, 0.6) is 0 Å². The smallest absolute Gasteiger partial charge is 0.265 e. The summed E-state index contributed by atoms with van der Waals surface area (Å²) in [7, 11) is -3.78. The molecule has 6 nitrogen and oxygen atoms in total. The van der Waals surface area contributed by atoms with Gasteiger partial charge in [0.25, 0.3) is 10.0 Å². The van der Waals surface area contributed by atoms with Crippen molar-refractivity contribution in [3.8, 4) is 0 Å². The molecule has 0 fully saturated rings. The predicted molar refractivity (Wildman–Crippen MR) is 65.3 cm³/mol. The van der Waals surface area contributed by atoms with Crippen molar-refractivity contribution in [2.75, 3.05) is 5.32 Å². The first-order valence-corrected chi connectivity index (χ1v) is 6.93. The van der Waals surface area contributed by atoms with Crippen molar-refractivity contribution >= 4 is 43.2 Å². The molecule has 0 radical (unpaired) electrons. The van der Waals surface area contributed by atoms with Gasteiger partial charge in [0.1, 0.15) is 0 Å². The number of amides is 1. The van der Waals surface area contributed by atoms with Crippen LogP contribution in [-0.2, 0) is 14.8 Å². The number of nitrogens with one attached hydrogen (secondary N) is 1. The monoisotopic (exact) mass is 271 g/mol. The standard InChI is InChI=1S/C9H9N3O3S2/c1-5(13)11-6-2-3-8-7(4-6)12-9(16-8)17(10,14)15/h2-4H,1H3,(H,11,13)(H2,10,14,15). The van der Waals surface area contributed by atoms with Gasteiger partial charge in [-0.25, -0.2) is 18.5 Å². The minimum Gasteiger partial charge on any atom is -0.326 e. The third-order valence-electron chi connectivity index (χ3n) is 1.93. The fraction of sp³-hybridized carbons (Fsp3) is 0.111. The minimum absolute atomic E-state index is 0.132. The molecule has 1 amide bonds. The molecule has 0 spiro atoms. The lowest BCUT2D eigenvalue weighted by molar-refractivity contribution is -0.114. The second kappa shape index (κ2) is 4.06. The van der Waals surface area contributed by atoms with Crippen LogP contribution in [0.4, 0.5) is 5.69 Å². The Bertz CT molecular complexity index is 691. The second-order valence-electron chi connectivity index (χ2n) is 3.39. The highest BCUT2D eigenvalue weighted by Crippen LogP contribution is 2.26. The van der Waals surface area contributed by atoms with E-state index in [-0.39, 0.29) is 10.2 Å². The lowest BCUT2D eigenvalue weighted by Crippen LogP contribution is -2.11. The first kappa shape index (κ1) is 12.0. The fourth-order valence-electron chi connectivity index (χ4n) is 1.31. The number of thiazole rings is 1. The number of benzene rings is 1. The van der Waals surface area contributed by atoms with Crippen LogP contribution >= 0.6 is 11.3 Å². The molecule has 1 aromatic carbocycles. The largest absolute Gasteiger partial charge is 0.326 e. The number of fused-ring (bicyclic) bond motifs is 1. The Labute approximate surface area is 102 Å². The van der Waals surface area contributed by atoms with Crippen LogP contribution in [0.25, 0.3) is 10.2 Å². The maximum atomic E-state index is 11.1. The maximum absolute atomic E-state index is 11.1. The minimum atomic E-state index is -3.78. The molecule has 3 N–H and O–H groups in total. The molecule has 0 atom stereocenters. The average molecular weight is 271 g/mol. The molecule has 1 heterocycles. The highest BCUT2D eigenvalue weighted by atomic mass is 32.2. The van der Waals surface area contributed by atoms with Crippen molar-refractivity contribution in [2.45, 2.75) is 11.3 Å². The predicted octanol–water partition coefficient (Wildman–Crippen LogP) is 0.902. The molecule has 0 aliphatic rings. The van der Waals surface area contributed by atoms with E-state index in [0.29, 0.717) is 15.9 Å². The van der Waals surface area contributed by atoms with Gasteiger partial charge in [0.2, 0.25) is 10.2 Å². The van der Waals surface area contributed by atoms with E-state index in [4.69, 9.17) is 5.14 Å². The van der Waals surface area contributed by atoms with Gasteiger partial charge in [0.15, 0.2) is 0 Å². The third kappa shape index (κ3) is 2.60. The normalized spacial score (nSPS) is 11.6. The zero-order valence-electron chi connectivity index (χ0n) is 8.80. The molecule has 0 aliphatic carbocycles. The summed E-state index contributed by atoms with van der Waals surface area (Å²) < 4.78 is 22.8. The molecular formula is C9H9N3O3S2. The SMILES string of the molecule is CC(=O)Nc1ccc2sc(S(N)(=O)=O)nc2c1. The summed E-state index contributed by atoms with van der Waals surface area (Å²) in [5, 5.41) is 7.58. The number of sulfonamides is 1. The number of hydrogen-bond acceptors (Lipinski definition) is 5. The molecule has 2 aromatic rings. The van der Waals surface area contributed by atoms with Crippen LogP contribution in [0.3, 0.4) is 0 Å². The van der Waals surface area contributed by atoms with Gasteiger partial charge < -0.3 is 5.32 Å². The summed E-state index contributed by atoms with van der Waals surface area (Å²) in [4.78, 5) is 14.8. The van der Waals surface area contributed by atoms with E-state index in [0.717, 1.165) is 11.3 Å². The lowest BCUT2D eigenvalue weighted by Gasteiger charge is -1.99. The maximum Gasteiger partial charge on any atom is 0.265 e. The molecule has 90 valence electrons. The van der Waals surface area contributed by atoms with Crippen LogP contribution in [0, 0.1) is 0 Å². The van der Waals surface area contributed by atoms with E-state index in [1.165, 1.54) is 6.92 Å². The quantitative estimate of drug-likeness (QED) is 0.847. The number of primary sulfonamides is 1. The van der Waals surface area contributed by atoms with Crippen molar-refractivity contribution in [2.24, 2.45) is 5.14 Å². The van der Waals surface area contributed by atoms with Gasteiger partial charge in [-0.3, -0.25) is 4.79 Å². The highest BCUT2D eigenvalue weighted by Gasteiger charge is 2.14. The Balaban J connectivity index is 2.52. The molecule has 1 aromatic heterocycles. The van der Waals surface area contributed by atoms with Gasteiger partial charge in [-0.15, -0.1) is 11.3 Å². The van der Waals surface area contributed by atoms with E-state index in [1.54, 1.807) is 18.2 Å². The van der Waals surface area contributed by atoms with Gasteiger partial charge >= 0.3 is 0 Å². The van der Waals surface area contributed by atoms with Crippen LogP contribution < -0.4 is 10.5 Å². The van der Waals surface area contributed by atoms with Crippen LogP contribution in [-0.4, -0.2) is 19.3 Å². The third-order valence-corrected chi connectivity index (χ3v) is 4.29. The van der Waals surface area contributed by atoms with E-state index < -0.39 is 10.0 Å². The summed E-state index contributed by atoms with van der Waals surface area (Å²) in [5.41, 5.74) is 1.06. The summed E-state index contributed by atoms with van der Waals surface area (Å²) in [5.74, 6) is -0.203. The number of carbonyl (C=O) groups excluding carboxylic acids is 1. The number of rotatable bonds is 2. The van der Waals surface area contributed by atoms with E-state index >= 15 is 0 Å². The summed E-state index contributed by atoms with van der Waals surface area (Å²) in [6.07, 6.45) is 0. The number of hydrogen-bond donors (Lipinski definition) is 2. The summed E-state index contributed by atoms with van der Waals surface area (Å²) in [6, 6.07) is 4.96. The number of anilines is 1. The zero-order valence-corrected chi connectivity index (χ0v) is 10.4. The van der Waals surface area contributed by atoms with Crippen molar-refractivity contribution in [3.63, 3.8) is 0 Å². The molecule has 0 saturated heterocycles. The lowest BCUT2D eigenvalue weighted by atomic mass is 10.3. The molecule has 0 saturated carbocycles. The second-order valence-corrected chi connectivity index (χ2v) is 6.15. The Hall–Kier alpha value is -1.51. The average Bonchev–Trinajstić information content (AvgIpc) is 2.58. The van der Waals surface area contributed by atoms with Crippen molar-refractivity contribution in [1.29, 1.82) is 0 Å². The highest BCUT2D eigenvalue weighted by molar-refractivity contribution is 7.91. The van der Waals surface area contributed by atoms with Crippen molar-refractivity contribution < 1.29 is 13.2 Å². The number of carbonyl (C=O) groups is 1. The fourth-order valence-corrected chi connectivity index (χ4v) is 2.95. The molecule has 0 unspecified atom stereocenters. The van der Waals surface area contributed by atoms with Gasteiger partial charge in [-0.05, 0) is 18.2 Å². The summed E-state index contributed by atoms with van der Waals surface area (Å²) in [6.45, 7) is 1.39. The zero-order chi connectivity index (χ0) is 12.6. The Kier molecular flexibility index (Phi) is 2.86. The Morgan fingerprint density at radius 3 is 2.76 bits per heavy atom. The van der Waals surface area contributed by atoms with Crippen molar-refractivity contribution in [1.82, 2.24) is 4.98 Å². The van der Waals surface area contributed by atoms with Crippen molar-refractivity contribution in [3.05, 3.63) is 18.2 Å². The van der Waals surface area contributed by atoms with E-state index in [2.05, 4.69) is 10.3 Å². The molecule has 0 bridgehead atoms. The molecule has 2 rings (SSSR count). The molecular weight excluding hydrogens is 262 g/mol. The van der Waals surface area contributed by atoms with Crippen LogP contribution in [0.15, 0.2) is 22.5 Å². The van der Waals surface area contributed by atoms with Gasteiger partial charge in [0, 0.05) is 12.6 Å². The van der Waals surface area contributed by atoms with Crippen LogP contribution in [0.1, 0.15) is 6.92 Å². The summed E-state index contributed by atoms with van der Waals surface area (Å²) >= 11 is 0.995.